The van der Waals surface area contributed by atoms with E-state index in [-0.39, 0.29) is 17.9 Å². The number of nitrogens with zero attached hydrogens (tertiary/aromatic N) is 4. The molecule has 1 aliphatic heterocycles. The second-order valence-electron chi connectivity index (χ2n) is 7.32. The maximum absolute atomic E-state index is 12.6. The third kappa shape index (κ3) is 4.72. The van der Waals surface area contributed by atoms with Crippen LogP contribution in [0.4, 0.5) is 5.69 Å². The molecule has 0 spiro atoms. The van der Waals surface area contributed by atoms with Gasteiger partial charge in [-0.15, -0.1) is 0 Å². The highest BCUT2D eigenvalue weighted by atomic mass is 16.2. The number of aromatic nitrogens is 2. The molecule has 1 saturated heterocycles. The monoisotopic (exact) mass is 381 g/mol. The number of anilines is 1. The number of aryl methyl sites for hydroxylation is 1. The molecule has 2 aromatic rings. The third-order valence-corrected chi connectivity index (χ3v) is 5.02. The van der Waals surface area contributed by atoms with Crippen LogP contribution < -0.4 is 5.32 Å². The quantitative estimate of drug-likeness (QED) is 0.861. The highest BCUT2D eigenvalue weighted by molar-refractivity contribution is 6.04. The number of benzene rings is 1. The molecule has 1 fully saturated rings. The lowest BCUT2D eigenvalue weighted by Crippen LogP contribution is -2.41. The lowest BCUT2D eigenvalue weighted by atomic mass is 10.0. The van der Waals surface area contributed by atoms with E-state index in [1.54, 1.807) is 25.2 Å². The zero-order valence-corrected chi connectivity index (χ0v) is 16.7. The molecule has 2 amide bonds. The lowest BCUT2D eigenvalue weighted by molar-refractivity contribution is -0.130. The van der Waals surface area contributed by atoms with Crippen molar-refractivity contribution in [2.45, 2.75) is 32.2 Å². The molecule has 28 heavy (non-hydrogen) atoms. The summed E-state index contributed by atoms with van der Waals surface area (Å²) in [6.45, 7) is 3.03. The van der Waals surface area contributed by atoms with Crippen molar-refractivity contribution in [3.63, 3.8) is 0 Å². The lowest BCUT2D eigenvalue weighted by Gasteiger charge is -2.34. The van der Waals surface area contributed by atoms with E-state index in [0.717, 1.165) is 31.5 Å². The average molecular weight is 381 g/mol. The maximum Gasteiger partial charge on any atom is 0.259 e. The summed E-state index contributed by atoms with van der Waals surface area (Å²) in [7, 11) is 3.53. The number of rotatable bonds is 5. The number of likely N-dealkylation sites (N-methyl/N-ethyl adjacent to an activating group) is 1. The Kier molecular flexibility index (Phi) is 6.36. The van der Waals surface area contributed by atoms with Gasteiger partial charge in [0.1, 0.15) is 5.82 Å². The normalized spacial score (nSPS) is 17.2. The van der Waals surface area contributed by atoms with Crippen molar-refractivity contribution in [2.24, 2.45) is 0 Å². The van der Waals surface area contributed by atoms with Crippen LogP contribution in [-0.2, 0) is 4.79 Å². The van der Waals surface area contributed by atoms with Crippen molar-refractivity contribution in [1.29, 1.82) is 0 Å². The minimum Gasteiger partial charge on any atom is -0.348 e. The van der Waals surface area contributed by atoms with Crippen LogP contribution >= 0.6 is 0 Å². The smallest absolute Gasteiger partial charge is 0.259 e. The van der Waals surface area contributed by atoms with Gasteiger partial charge in [-0.05, 0) is 38.4 Å². The molecule has 1 unspecified atom stereocenters. The van der Waals surface area contributed by atoms with Gasteiger partial charge in [-0.25, -0.2) is 9.97 Å². The highest BCUT2D eigenvalue weighted by Crippen LogP contribution is 2.29. The first-order valence-corrected chi connectivity index (χ1v) is 9.60. The predicted molar refractivity (Wildman–Crippen MR) is 108 cm³/mol. The number of hydrogen-bond donors (Lipinski definition) is 1. The summed E-state index contributed by atoms with van der Waals surface area (Å²) in [5.41, 5.74) is 1.83. The summed E-state index contributed by atoms with van der Waals surface area (Å²) in [5.74, 6) is 0.529. The van der Waals surface area contributed by atoms with Gasteiger partial charge in [0.2, 0.25) is 5.91 Å². The largest absolute Gasteiger partial charge is 0.348 e. The van der Waals surface area contributed by atoms with Gasteiger partial charge in [-0.3, -0.25) is 14.5 Å². The van der Waals surface area contributed by atoms with Crippen LogP contribution in [0, 0.1) is 6.92 Å². The molecule has 0 radical (unpaired) electrons. The molecule has 3 rings (SSSR count). The number of carbonyl (C=O) groups is 2. The minimum absolute atomic E-state index is 0.00239. The van der Waals surface area contributed by atoms with Crippen molar-refractivity contribution in [1.82, 2.24) is 19.8 Å². The summed E-state index contributed by atoms with van der Waals surface area (Å²) in [6, 6.07) is 9.32. The van der Waals surface area contributed by atoms with Crippen molar-refractivity contribution < 1.29 is 9.59 Å². The maximum atomic E-state index is 12.6. The Morgan fingerprint density at radius 3 is 2.64 bits per heavy atom. The number of hydrogen-bond acceptors (Lipinski definition) is 5. The van der Waals surface area contributed by atoms with Gasteiger partial charge in [-0.1, -0.05) is 24.6 Å². The molecule has 1 N–H and O–H groups in total. The first-order valence-electron chi connectivity index (χ1n) is 9.60. The first-order chi connectivity index (χ1) is 13.5. The molecule has 7 nitrogen and oxygen atoms in total. The molecule has 1 aromatic carbocycles. The van der Waals surface area contributed by atoms with Crippen LogP contribution in [0.5, 0.6) is 0 Å². The van der Waals surface area contributed by atoms with Gasteiger partial charge in [0.25, 0.3) is 5.91 Å². The number of amides is 2. The van der Waals surface area contributed by atoms with Gasteiger partial charge < -0.3 is 10.2 Å². The van der Waals surface area contributed by atoms with Crippen LogP contribution in [0.3, 0.4) is 0 Å². The summed E-state index contributed by atoms with van der Waals surface area (Å²) < 4.78 is 0. The van der Waals surface area contributed by atoms with Gasteiger partial charge in [0.15, 0.2) is 0 Å². The molecule has 1 atom stereocenters. The van der Waals surface area contributed by atoms with Crippen LogP contribution in [0.2, 0.25) is 0 Å². The molecule has 1 aromatic heterocycles. The van der Waals surface area contributed by atoms with E-state index >= 15 is 0 Å². The van der Waals surface area contributed by atoms with Gasteiger partial charge in [0, 0.05) is 26.0 Å². The SMILES string of the molecule is Cc1nc(C2CCCCN2CC(=O)N(C)C)ncc1C(=O)Nc1ccccc1. The van der Waals surface area contributed by atoms with Gasteiger partial charge in [-0.2, -0.15) is 0 Å². The van der Waals surface area contributed by atoms with E-state index in [0.29, 0.717) is 23.6 Å². The van der Waals surface area contributed by atoms with E-state index in [9.17, 15) is 9.59 Å². The number of carbonyl (C=O) groups excluding carboxylic acids is 2. The van der Waals surface area contributed by atoms with Gasteiger partial charge >= 0.3 is 0 Å². The van der Waals surface area contributed by atoms with E-state index in [1.165, 1.54) is 0 Å². The second kappa shape index (κ2) is 8.93. The Morgan fingerprint density at radius 2 is 1.96 bits per heavy atom. The summed E-state index contributed by atoms with van der Waals surface area (Å²) in [5, 5.41) is 2.87. The molecule has 7 heteroatoms. The molecule has 0 saturated carbocycles. The fraction of sp³-hybridized carbons (Fsp3) is 0.429. The molecular formula is C21H27N5O2. The van der Waals surface area contributed by atoms with E-state index in [1.807, 2.05) is 37.3 Å². The molecule has 2 heterocycles. The Balaban J connectivity index is 1.76. The van der Waals surface area contributed by atoms with Crippen LogP contribution in [0.15, 0.2) is 36.5 Å². The van der Waals surface area contributed by atoms with Crippen LogP contribution in [0.25, 0.3) is 0 Å². The molecule has 0 aliphatic carbocycles. The predicted octanol–water partition coefficient (Wildman–Crippen LogP) is 2.65. The summed E-state index contributed by atoms with van der Waals surface area (Å²) >= 11 is 0. The first kappa shape index (κ1) is 19.9. The third-order valence-electron chi connectivity index (χ3n) is 5.02. The van der Waals surface area contributed by atoms with Crippen molar-refractivity contribution in [3.05, 3.63) is 53.6 Å². The van der Waals surface area contributed by atoms with E-state index in [4.69, 9.17) is 0 Å². The Hall–Kier alpha value is -2.80. The Morgan fingerprint density at radius 1 is 1.21 bits per heavy atom. The number of likely N-dealkylation sites (tertiary alicyclic amines) is 1. The average Bonchev–Trinajstić information content (AvgIpc) is 2.69. The van der Waals surface area contributed by atoms with Crippen LogP contribution in [0.1, 0.15) is 47.2 Å². The Labute approximate surface area is 165 Å². The van der Waals surface area contributed by atoms with Gasteiger partial charge in [0.05, 0.1) is 23.8 Å². The number of nitrogens with one attached hydrogen (secondary N) is 1. The fourth-order valence-electron chi connectivity index (χ4n) is 3.38. The molecular weight excluding hydrogens is 354 g/mol. The standard InChI is InChI=1S/C21H27N5O2/c1-15-17(21(28)24-16-9-5-4-6-10-16)13-22-20(23-15)18-11-7-8-12-26(18)14-19(27)25(2)3/h4-6,9-10,13,18H,7-8,11-12,14H2,1-3H3,(H,24,28). The minimum atomic E-state index is -0.224. The number of piperidine rings is 1. The van der Waals surface area contributed by atoms with Crippen molar-refractivity contribution in [3.8, 4) is 0 Å². The Bertz CT molecular complexity index is 838. The number of para-hydroxylation sites is 1. The summed E-state index contributed by atoms with van der Waals surface area (Å²) in [4.78, 5) is 37.6. The van der Waals surface area contributed by atoms with Crippen molar-refractivity contribution in [2.75, 3.05) is 32.5 Å². The fourth-order valence-corrected chi connectivity index (χ4v) is 3.38. The second-order valence-corrected chi connectivity index (χ2v) is 7.32. The van der Waals surface area contributed by atoms with E-state index in [2.05, 4.69) is 20.2 Å². The molecule has 0 bridgehead atoms. The molecule has 1 aliphatic rings. The van der Waals surface area contributed by atoms with E-state index < -0.39 is 0 Å². The molecule has 148 valence electrons. The van der Waals surface area contributed by atoms with Crippen LogP contribution in [-0.4, -0.2) is 58.8 Å². The zero-order chi connectivity index (χ0) is 20.1. The topological polar surface area (TPSA) is 78.4 Å². The highest BCUT2D eigenvalue weighted by Gasteiger charge is 2.28. The zero-order valence-electron chi connectivity index (χ0n) is 16.7. The summed E-state index contributed by atoms with van der Waals surface area (Å²) in [6.07, 6.45) is 4.65. The van der Waals surface area contributed by atoms with Crippen molar-refractivity contribution >= 4 is 17.5 Å².